The highest BCUT2D eigenvalue weighted by molar-refractivity contribution is 8.00. The Hall–Kier alpha value is -1.53. The van der Waals surface area contributed by atoms with Gasteiger partial charge in [-0.3, -0.25) is 14.5 Å². The molecule has 2 aliphatic heterocycles. The van der Waals surface area contributed by atoms with Crippen LogP contribution in [0, 0.1) is 12.8 Å². The summed E-state index contributed by atoms with van der Waals surface area (Å²) >= 11 is 1.72. The summed E-state index contributed by atoms with van der Waals surface area (Å²) in [5, 5.41) is 0.131. The molecule has 0 aliphatic carbocycles. The van der Waals surface area contributed by atoms with Crippen molar-refractivity contribution in [3.8, 4) is 0 Å². The van der Waals surface area contributed by atoms with Crippen molar-refractivity contribution in [3.63, 3.8) is 0 Å². The number of carbonyl (C=O) groups is 2. The first-order valence-corrected chi connectivity index (χ1v) is 10.5. The number of piperazine rings is 1. The number of aryl methyl sites for hydroxylation is 1. The fourth-order valence-electron chi connectivity index (χ4n) is 3.60. The Bertz CT molecular complexity index is 656. The van der Waals surface area contributed by atoms with E-state index in [4.69, 9.17) is 0 Å². The summed E-state index contributed by atoms with van der Waals surface area (Å²) in [5.74, 6) is 1.11. The second-order valence-electron chi connectivity index (χ2n) is 7.49. The maximum absolute atomic E-state index is 12.4. The van der Waals surface area contributed by atoms with Crippen molar-refractivity contribution in [1.82, 2.24) is 14.7 Å². The lowest BCUT2D eigenvalue weighted by atomic mass is 10.1. The molecule has 2 amide bonds. The Morgan fingerprint density at radius 2 is 1.92 bits per heavy atom. The SMILES string of the molecule is Cc1cccc([C@H]2SCC(=O)N2CCN2CCN(C(=O)C(C)C)CC2)c1. The lowest BCUT2D eigenvalue weighted by molar-refractivity contribution is -0.136. The Morgan fingerprint density at radius 3 is 2.58 bits per heavy atom. The summed E-state index contributed by atoms with van der Waals surface area (Å²) in [6.07, 6.45) is 0. The molecule has 1 aromatic rings. The molecule has 0 aromatic heterocycles. The second-order valence-corrected chi connectivity index (χ2v) is 8.55. The highest BCUT2D eigenvalue weighted by Crippen LogP contribution is 2.38. The smallest absolute Gasteiger partial charge is 0.233 e. The molecule has 5 nitrogen and oxygen atoms in total. The van der Waals surface area contributed by atoms with E-state index in [0.29, 0.717) is 5.75 Å². The van der Waals surface area contributed by atoms with Crippen LogP contribution in [0.4, 0.5) is 0 Å². The molecular formula is C20H29N3O2S. The summed E-state index contributed by atoms with van der Waals surface area (Å²) in [6.45, 7) is 11.0. The average molecular weight is 376 g/mol. The van der Waals surface area contributed by atoms with Gasteiger partial charge in [-0.2, -0.15) is 0 Å². The second kappa shape index (κ2) is 8.44. The largest absolute Gasteiger partial charge is 0.340 e. The molecule has 0 saturated carbocycles. The van der Waals surface area contributed by atoms with Crippen LogP contribution in [0.1, 0.15) is 30.3 Å². The van der Waals surface area contributed by atoms with Crippen LogP contribution in [0.2, 0.25) is 0 Å². The zero-order chi connectivity index (χ0) is 18.7. The number of hydrogen-bond donors (Lipinski definition) is 0. The van der Waals surface area contributed by atoms with Crippen molar-refractivity contribution in [2.24, 2.45) is 5.92 Å². The molecule has 0 bridgehead atoms. The number of amides is 2. The average Bonchev–Trinajstić information content (AvgIpc) is 3.00. The lowest BCUT2D eigenvalue weighted by Crippen LogP contribution is -2.51. The minimum Gasteiger partial charge on any atom is -0.340 e. The Labute approximate surface area is 160 Å². The molecule has 26 heavy (non-hydrogen) atoms. The third-order valence-corrected chi connectivity index (χ3v) is 6.39. The molecule has 0 N–H and O–H groups in total. The van der Waals surface area contributed by atoms with E-state index >= 15 is 0 Å². The Kier molecular flexibility index (Phi) is 6.24. The molecule has 142 valence electrons. The lowest BCUT2D eigenvalue weighted by Gasteiger charge is -2.36. The van der Waals surface area contributed by atoms with E-state index in [-0.39, 0.29) is 23.1 Å². The number of thioether (sulfide) groups is 1. The predicted octanol–water partition coefficient (Wildman–Crippen LogP) is 2.37. The van der Waals surface area contributed by atoms with Crippen LogP contribution >= 0.6 is 11.8 Å². The Balaban J connectivity index is 1.54. The van der Waals surface area contributed by atoms with Gasteiger partial charge in [0.25, 0.3) is 0 Å². The summed E-state index contributed by atoms with van der Waals surface area (Å²) in [6, 6.07) is 8.45. The fourth-order valence-corrected chi connectivity index (χ4v) is 4.81. The van der Waals surface area contributed by atoms with Crippen LogP contribution in [0.15, 0.2) is 24.3 Å². The summed E-state index contributed by atoms with van der Waals surface area (Å²) in [5.41, 5.74) is 2.45. The van der Waals surface area contributed by atoms with Crippen LogP contribution in [0.25, 0.3) is 0 Å². The zero-order valence-corrected chi connectivity index (χ0v) is 16.8. The van der Waals surface area contributed by atoms with Gasteiger partial charge in [0, 0.05) is 45.2 Å². The van der Waals surface area contributed by atoms with Gasteiger partial charge in [0.1, 0.15) is 5.37 Å². The van der Waals surface area contributed by atoms with Gasteiger partial charge < -0.3 is 9.80 Å². The molecule has 0 spiro atoms. The highest BCUT2D eigenvalue weighted by atomic mass is 32.2. The monoisotopic (exact) mass is 375 g/mol. The van der Waals surface area contributed by atoms with Gasteiger partial charge in [0.2, 0.25) is 11.8 Å². The van der Waals surface area contributed by atoms with Crippen LogP contribution in [0.3, 0.4) is 0 Å². The molecule has 2 fully saturated rings. The first kappa shape index (κ1) is 19.2. The number of carbonyl (C=O) groups excluding carboxylic acids is 2. The van der Waals surface area contributed by atoms with Gasteiger partial charge in [-0.15, -0.1) is 11.8 Å². The first-order valence-electron chi connectivity index (χ1n) is 9.44. The molecule has 1 aromatic carbocycles. The maximum atomic E-state index is 12.4. The van der Waals surface area contributed by atoms with Gasteiger partial charge in [-0.1, -0.05) is 43.7 Å². The minimum absolute atomic E-state index is 0.0656. The molecule has 2 aliphatic rings. The molecule has 2 heterocycles. The Morgan fingerprint density at radius 1 is 1.19 bits per heavy atom. The van der Waals surface area contributed by atoms with Crippen molar-refractivity contribution in [1.29, 1.82) is 0 Å². The topological polar surface area (TPSA) is 43.9 Å². The quantitative estimate of drug-likeness (QED) is 0.793. The van der Waals surface area contributed by atoms with E-state index in [9.17, 15) is 9.59 Å². The van der Waals surface area contributed by atoms with Crippen molar-refractivity contribution in [3.05, 3.63) is 35.4 Å². The van der Waals surface area contributed by atoms with E-state index in [1.54, 1.807) is 11.8 Å². The van der Waals surface area contributed by atoms with Gasteiger partial charge >= 0.3 is 0 Å². The molecule has 2 saturated heterocycles. The van der Waals surface area contributed by atoms with Crippen molar-refractivity contribution in [2.75, 3.05) is 45.0 Å². The van der Waals surface area contributed by atoms with Crippen molar-refractivity contribution >= 4 is 23.6 Å². The zero-order valence-electron chi connectivity index (χ0n) is 16.0. The molecule has 1 atom stereocenters. The minimum atomic E-state index is 0.0656. The summed E-state index contributed by atoms with van der Waals surface area (Å²) in [7, 11) is 0. The predicted molar refractivity (Wildman–Crippen MR) is 106 cm³/mol. The van der Waals surface area contributed by atoms with Gasteiger partial charge in [0.05, 0.1) is 5.75 Å². The third-order valence-electron chi connectivity index (χ3n) is 5.13. The molecular weight excluding hydrogens is 346 g/mol. The van der Waals surface area contributed by atoms with E-state index in [1.807, 2.05) is 23.6 Å². The van der Waals surface area contributed by atoms with Crippen molar-refractivity contribution < 1.29 is 9.59 Å². The summed E-state index contributed by atoms with van der Waals surface area (Å²) in [4.78, 5) is 30.8. The van der Waals surface area contributed by atoms with Crippen LogP contribution in [-0.4, -0.2) is 71.5 Å². The number of benzene rings is 1. The number of rotatable bonds is 5. The van der Waals surface area contributed by atoms with Crippen molar-refractivity contribution in [2.45, 2.75) is 26.1 Å². The van der Waals surface area contributed by atoms with Gasteiger partial charge in [-0.25, -0.2) is 0 Å². The molecule has 0 unspecified atom stereocenters. The van der Waals surface area contributed by atoms with Crippen LogP contribution in [-0.2, 0) is 9.59 Å². The third kappa shape index (κ3) is 4.41. The first-order chi connectivity index (χ1) is 12.5. The van der Waals surface area contributed by atoms with E-state index in [0.717, 1.165) is 39.3 Å². The van der Waals surface area contributed by atoms with Crippen LogP contribution in [0.5, 0.6) is 0 Å². The standard InChI is InChI=1S/C20H29N3O2S/c1-15(2)19(25)22-10-7-21(8-11-22)9-12-23-18(24)14-26-20(23)17-6-4-5-16(3)13-17/h4-6,13,15,20H,7-12,14H2,1-3H3/t20-/m1/s1. The normalized spacial score (nSPS) is 21.7. The summed E-state index contributed by atoms with van der Waals surface area (Å²) < 4.78 is 0. The molecule has 3 rings (SSSR count). The number of nitrogens with zero attached hydrogens (tertiary/aromatic N) is 3. The van der Waals surface area contributed by atoms with E-state index in [1.165, 1.54) is 11.1 Å². The van der Waals surface area contributed by atoms with E-state index in [2.05, 4.69) is 36.1 Å². The van der Waals surface area contributed by atoms with E-state index < -0.39 is 0 Å². The van der Waals surface area contributed by atoms with Gasteiger partial charge in [0.15, 0.2) is 0 Å². The maximum Gasteiger partial charge on any atom is 0.233 e. The molecule has 6 heteroatoms. The van der Waals surface area contributed by atoms with Gasteiger partial charge in [-0.05, 0) is 12.5 Å². The molecule has 0 radical (unpaired) electrons. The fraction of sp³-hybridized carbons (Fsp3) is 0.600. The highest BCUT2D eigenvalue weighted by Gasteiger charge is 2.33. The van der Waals surface area contributed by atoms with Crippen LogP contribution < -0.4 is 0 Å². The number of hydrogen-bond acceptors (Lipinski definition) is 4.